The Bertz CT molecular complexity index is 456. The molecule has 2 N–H and O–H groups in total. The van der Waals surface area contributed by atoms with Gasteiger partial charge in [-0.1, -0.05) is 17.5 Å². The Balaban J connectivity index is 2.65. The summed E-state index contributed by atoms with van der Waals surface area (Å²) in [6.45, 7) is 1.83. The molecule has 90 valence electrons. The lowest BCUT2D eigenvalue weighted by Gasteiger charge is -2.15. The van der Waals surface area contributed by atoms with Crippen molar-refractivity contribution < 1.29 is 9.18 Å². The molecule has 0 heterocycles. The molecule has 1 rings (SSSR count). The van der Waals surface area contributed by atoms with Crippen LogP contribution in [-0.4, -0.2) is 18.5 Å². The van der Waals surface area contributed by atoms with Gasteiger partial charge in [0.2, 0.25) is 5.91 Å². The molecule has 0 fully saturated rings. The van der Waals surface area contributed by atoms with E-state index in [0.29, 0.717) is 5.69 Å². The van der Waals surface area contributed by atoms with Gasteiger partial charge in [-0.05, 0) is 25.1 Å². The lowest BCUT2D eigenvalue weighted by atomic mass is 10.2. The Labute approximate surface area is 104 Å². The zero-order valence-corrected chi connectivity index (χ0v) is 10.0. The molecule has 0 bridgehead atoms. The van der Waals surface area contributed by atoms with E-state index in [1.165, 1.54) is 18.2 Å². The molecule has 0 radical (unpaired) electrons. The average molecular weight is 255 g/mol. The summed E-state index contributed by atoms with van der Waals surface area (Å²) >= 11 is 5.82. The number of amides is 1. The van der Waals surface area contributed by atoms with Gasteiger partial charge in [0.1, 0.15) is 11.9 Å². The molecule has 1 aromatic carbocycles. The summed E-state index contributed by atoms with van der Waals surface area (Å²) < 4.78 is 12.8. The first-order valence-corrected chi connectivity index (χ1v) is 5.35. The summed E-state index contributed by atoms with van der Waals surface area (Å²) in [6, 6.07) is 3.41. The van der Waals surface area contributed by atoms with Gasteiger partial charge in [-0.2, -0.15) is 0 Å². The minimum absolute atomic E-state index is 0.169. The Morgan fingerprint density at radius 2 is 2.35 bits per heavy atom. The molecular weight excluding hydrogens is 243 g/mol. The highest BCUT2D eigenvalue weighted by atomic mass is 35.5. The van der Waals surface area contributed by atoms with E-state index in [1.54, 1.807) is 6.92 Å². The van der Waals surface area contributed by atoms with Crippen molar-refractivity contribution in [2.45, 2.75) is 13.0 Å². The molecule has 1 aromatic rings. The van der Waals surface area contributed by atoms with Crippen molar-refractivity contribution >= 4 is 23.2 Å². The van der Waals surface area contributed by atoms with Crippen LogP contribution in [0.25, 0.3) is 0 Å². The maximum Gasteiger partial charge on any atom is 0.242 e. The van der Waals surface area contributed by atoms with E-state index in [9.17, 15) is 9.18 Å². The molecule has 0 aliphatic heterocycles. The standard InChI is InChI=1S/C12H12ClFN2O/c1-3-6-15-12(17)8(2)16-11-5-4-9(14)7-10(11)13/h1,4-5,7-8,16H,6H2,2H3,(H,15,17). The molecule has 3 nitrogen and oxygen atoms in total. The summed E-state index contributed by atoms with van der Waals surface area (Å²) in [7, 11) is 0. The highest BCUT2D eigenvalue weighted by molar-refractivity contribution is 6.33. The fraction of sp³-hybridized carbons (Fsp3) is 0.250. The van der Waals surface area contributed by atoms with Crippen LogP contribution >= 0.6 is 11.6 Å². The second kappa shape index (κ2) is 6.12. The van der Waals surface area contributed by atoms with Crippen LogP contribution in [0, 0.1) is 18.2 Å². The Hall–Kier alpha value is -1.73. The molecule has 0 aliphatic rings. The van der Waals surface area contributed by atoms with E-state index >= 15 is 0 Å². The van der Waals surface area contributed by atoms with Crippen LogP contribution in [0.5, 0.6) is 0 Å². The lowest BCUT2D eigenvalue weighted by Crippen LogP contribution is -2.37. The van der Waals surface area contributed by atoms with Gasteiger partial charge < -0.3 is 10.6 Å². The highest BCUT2D eigenvalue weighted by Gasteiger charge is 2.13. The molecule has 0 spiro atoms. The highest BCUT2D eigenvalue weighted by Crippen LogP contribution is 2.22. The van der Waals surface area contributed by atoms with Crippen LogP contribution in [0.1, 0.15) is 6.92 Å². The van der Waals surface area contributed by atoms with Crippen LogP contribution in [0.2, 0.25) is 5.02 Å². The van der Waals surface area contributed by atoms with Crippen LogP contribution in [-0.2, 0) is 4.79 Å². The van der Waals surface area contributed by atoms with Crippen molar-refractivity contribution in [2.75, 3.05) is 11.9 Å². The molecule has 0 saturated carbocycles. The number of nitrogens with one attached hydrogen (secondary N) is 2. The Morgan fingerprint density at radius 3 is 2.94 bits per heavy atom. The van der Waals surface area contributed by atoms with Gasteiger partial charge in [0.05, 0.1) is 17.3 Å². The van der Waals surface area contributed by atoms with Crippen LogP contribution in [0.15, 0.2) is 18.2 Å². The molecule has 0 aromatic heterocycles. The van der Waals surface area contributed by atoms with Gasteiger partial charge >= 0.3 is 0 Å². The molecule has 1 atom stereocenters. The first kappa shape index (κ1) is 13.3. The van der Waals surface area contributed by atoms with E-state index in [-0.39, 0.29) is 17.5 Å². The Morgan fingerprint density at radius 1 is 1.65 bits per heavy atom. The predicted molar refractivity (Wildman–Crippen MR) is 66.3 cm³/mol. The van der Waals surface area contributed by atoms with Gasteiger partial charge in [0.25, 0.3) is 0 Å². The number of rotatable bonds is 4. The molecule has 1 unspecified atom stereocenters. The van der Waals surface area contributed by atoms with Crippen molar-refractivity contribution in [1.29, 1.82) is 0 Å². The largest absolute Gasteiger partial charge is 0.373 e. The summed E-state index contributed by atoms with van der Waals surface area (Å²) in [6.07, 6.45) is 5.02. The van der Waals surface area contributed by atoms with Crippen molar-refractivity contribution in [3.8, 4) is 12.3 Å². The number of terminal acetylenes is 1. The van der Waals surface area contributed by atoms with Crippen molar-refractivity contribution in [2.24, 2.45) is 0 Å². The van der Waals surface area contributed by atoms with Crippen molar-refractivity contribution in [3.05, 3.63) is 29.0 Å². The van der Waals surface area contributed by atoms with Gasteiger partial charge in [-0.15, -0.1) is 6.42 Å². The minimum atomic E-state index is -0.508. The molecule has 5 heteroatoms. The molecule has 0 aliphatic carbocycles. The third-order valence-electron chi connectivity index (χ3n) is 2.06. The van der Waals surface area contributed by atoms with Gasteiger partial charge in [0, 0.05) is 0 Å². The molecule has 17 heavy (non-hydrogen) atoms. The van der Waals surface area contributed by atoms with Crippen LogP contribution in [0.3, 0.4) is 0 Å². The van der Waals surface area contributed by atoms with Crippen LogP contribution in [0.4, 0.5) is 10.1 Å². The zero-order valence-electron chi connectivity index (χ0n) is 9.26. The Kier molecular flexibility index (Phi) is 4.80. The monoisotopic (exact) mass is 254 g/mol. The predicted octanol–water partition coefficient (Wildman–Crippen LogP) is 2.03. The SMILES string of the molecule is C#CCNC(=O)C(C)Nc1ccc(F)cc1Cl. The lowest BCUT2D eigenvalue weighted by molar-refractivity contribution is -0.121. The average Bonchev–Trinajstić information content (AvgIpc) is 2.29. The number of benzene rings is 1. The summed E-state index contributed by atoms with van der Waals surface area (Å²) in [5, 5.41) is 5.62. The minimum Gasteiger partial charge on any atom is -0.373 e. The van der Waals surface area contributed by atoms with E-state index in [1.807, 2.05) is 0 Å². The normalized spacial score (nSPS) is 11.4. The van der Waals surface area contributed by atoms with Crippen molar-refractivity contribution in [3.63, 3.8) is 0 Å². The summed E-state index contributed by atoms with van der Waals surface area (Å²) in [5.41, 5.74) is 0.497. The summed E-state index contributed by atoms with van der Waals surface area (Å²) in [5.74, 6) is 1.63. The summed E-state index contributed by atoms with van der Waals surface area (Å²) in [4.78, 5) is 11.5. The first-order chi connectivity index (χ1) is 8.04. The number of carbonyl (C=O) groups is 1. The number of hydrogen-bond acceptors (Lipinski definition) is 2. The number of halogens is 2. The van der Waals surface area contributed by atoms with Gasteiger partial charge in [-0.25, -0.2) is 4.39 Å². The maximum atomic E-state index is 12.8. The van der Waals surface area contributed by atoms with Crippen LogP contribution < -0.4 is 10.6 Å². The van der Waals surface area contributed by atoms with E-state index in [4.69, 9.17) is 18.0 Å². The fourth-order valence-corrected chi connectivity index (χ4v) is 1.42. The van der Waals surface area contributed by atoms with E-state index in [0.717, 1.165) is 0 Å². The second-order valence-corrected chi connectivity index (χ2v) is 3.82. The second-order valence-electron chi connectivity index (χ2n) is 3.41. The van der Waals surface area contributed by atoms with Gasteiger partial charge in [-0.3, -0.25) is 4.79 Å². The van der Waals surface area contributed by atoms with E-state index in [2.05, 4.69) is 16.6 Å². The first-order valence-electron chi connectivity index (χ1n) is 4.97. The zero-order chi connectivity index (χ0) is 12.8. The van der Waals surface area contributed by atoms with Crippen molar-refractivity contribution in [1.82, 2.24) is 5.32 Å². The third kappa shape index (κ3) is 3.97. The topological polar surface area (TPSA) is 41.1 Å². The smallest absolute Gasteiger partial charge is 0.242 e. The molecular formula is C12H12ClFN2O. The number of anilines is 1. The van der Waals surface area contributed by atoms with Gasteiger partial charge in [0.15, 0.2) is 0 Å². The van der Waals surface area contributed by atoms with E-state index < -0.39 is 11.9 Å². The number of hydrogen-bond donors (Lipinski definition) is 2. The quantitative estimate of drug-likeness (QED) is 0.808. The third-order valence-corrected chi connectivity index (χ3v) is 2.37. The maximum absolute atomic E-state index is 12.8. The number of carbonyl (C=O) groups excluding carboxylic acids is 1. The molecule has 0 saturated heterocycles. The molecule has 1 amide bonds. The fourth-order valence-electron chi connectivity index (χ4n) is 1.20.